The van der Waals surface area contributed by atoms with Crippen molar-refractivity contribution in [1.29, 1.82) is 0 Å². The zero-order valence-corrected chi connectivity index (χ0v) is 48.3. The molecule has 0 aromatic heterocycles. The van der Waals surface area contributed by atoms with Gasteiger partial charge < -0.3 is 42.0 Å². The number of nitrogens with one attached hydrogen (secondary N) is 5. The van der Waals surface area contributed by atoms with E-state index in [1.807, 2.05) is 0 Å². The van der Waals surface area contributed by atoms with Crippen molar-refractivity contribution in [3.8, 4) is 0 Å². The smallest absolute Gasteiger partial charge is 0.410 e. The van der Waals surface area contributed by atoms with E-state index in [2.05, 4.69) is 26.6 Å². The Morgan fingerprint density at radius 1 is 0.607 bits per heavy atom. The highest BCUT2D eigenvalue weighted by atomic mass is 16.6. The van der Waals surface area contributed by atoms with Gasteiger partial charge in [0.25, 0.3) is 46.8 Å². The summed E-state index contributed by atoms with van der Waals surface area (Å²) in [5.41, 5.74) is 5.09. The number of benzene rings is 5. The highest BCUT2D eigenvalue weighted by molar-refractivity contribution is 6.27. The van der Waals surface area contributed by atoms with Gasteiger partial charge in [-0.2, -0.15) is 0 Å². The van der Waals surface area contributed by atoms with Crippen LogP contribution < -0.4 is 32.3 Å². The maximum absolute atomic E-state index is 13.9. The van der Waals surface area contributed by atoms with Crippen LogP contribution in [0.15, 0.2) is 97.1 Å². The zero-order chi connectivity index (χ0) is 64.2. The SMILES string of the molecule is CC(C)[C@H](NC(=O)CCCCCN1C(=O)C=CC1=O)C(=O)N[C@@H](CCCNC(N)=O)C(=O)Nc1ccc(COC(=O)N(CCCN2C(=O)c3cccc4cc([N+](=O)[O-])cc(c34)C2=O)CCNC(=O)CN2C(=O)c3cccc4cc([N+](=O)[O-])cc(c34)C2=O)cc1. The minimum absolute atomic E-state index is 0.0285. The lowest BCUT2D eigenvalue weighted by molar-refractivity contribution is -0.384. The largest absolute Gasteiger partial charge is 0.445 e. The molecule has 0 saturated heterocycles. The second-order valence-corrected chi connectivity index (χ2v) is 21.5. The lowest BCUT2D eigenvalue weighted by atomic mass is 9.93. The first-order valence-electron chi connectivity index (χ1n) is 28.4. The van der Waals surface area contributed by atoms with Gasteiger partial charge in [-0.15, -0.1) is 0 Å². The van der Waals surface area contributed by atoms with Crippen molar-refractivity contribution in [2.24, 2.45) is 11.7 Å². The third kappa shape index (κ3) is 15.3. The first-order valence-corrected chi connectivity index (χ1v) is 28.4. The normalized spacial score (nSPS) is 14.0. The zero-order valence-electron chi connectivity index (χ0n) is 48.3. The van der Waals surface area contributed by atoms with Crippen molar-refractivity contribution in [1.82, 2.24) is 40.9 Å². The number of nitro benzene ring substituents is 2. The topological polar surface area (TPSA) is 399 Å². The van der Waals surface area contributed by atoms with E-state index in [1.165, 1.54) is 78.9 Å². The van der Waals surface area contributed by atoms with Gasteiger partial charge in [-0.05, 0) is 78.6 Å². The predicted molar refractivity (Wildman–Crippen MR) is 316 cm³/mol. The number of nitrogens with zero attached hydrogens (tertiary/aromatic N) is 6. The Balaban J connectivity index is 0.896. The van der Waals surface area contributed by atoms with Crippen LogP contribution in [0.25, 0.3) is 21.5 Å². The summed E-state index contributed by atoms with van der Waals surface area (Å²) in [4.78, 5) is 184. The molecule has 0 spiro atoms. The molecule has 0 aliphatic carbocycles. The van der Waals surface area contributed by atoms with Gasteiger partial charge in [-0.1, -0.05) is 56.7 Å². The summed E-state index contributed by atoms with van der Waals surface area (Å²) in [5, 5.41) is 37.7. The second-order valence-electron chi connectivity index (χ2n) is 21.5. The van der Waals surface area contributed by atoms with E-state index in [1.54, 1.807) is 19.9 Å². The average Bonchev–Trinajstić information content (AvgIpc) is 1.32. The summed E-state index contributed by atoms with van der Waals surface area (Å²) in [6, 6.07) is 16.6. The van der Waals surface area contributed by atoms with Crippen LogP contribution >= 0.6 is 0 Å². The number of non-ortho nitro benzene ring substituents is 2. The number of nitrogens with two attached hydrogens (primary N) is 1. The van der Waals surface area contributed by atoms with Gasteiger partial charge in [0.05, 0.1) is 21.0 Å². The van der Waals surface area contributed by atoms with Crippen LogP contribution in [0.1, 0.15) is 106 Å². The van der Waals surface area contributed by atoms with E-state index in [9.17, 15) is 77.8 Å². The highest BCUT2D eigenvalue weighted by Gasteiger charge is 2.37. The third-order valence-electron chi connectivity index (χ3n) is 15.0. The summed E-state index contributed by atoms with van der Waals surface area (Å²) in [6.07, 6.45) is 3.08. The van der Waals surface area contributed by atoms with Gasteiger partial charge in [0.2, 0.25) is 23.6 Å². The molecule has 29 heteroatoms. The predicted octanol–water partition coefficient (Wildman–Crippen LogP) is 4.34. The van der Waals surface area contributed by atoms with Gasteiger partial charge in [-0.25, -0.2) is 9.59 Å². The number of nitro groups is 2. The van der Waals surface area contributed by atoms with Crippen molar-refractivity contribution in [3.05, 3.63) is 145 Å². The lowest BCUT2D eigenvalue weighted by Gasteiger charge is -2.28. The number of carbonyl (C=O) groups excluding carboxylic acids is 12. The summed E-state index contributed by atoms with van der Waals surface area (Å²) >= 11 is 0. The van der Waals surface area contributed by atoms with Crippen LogP contribution in [0, 0.1) is 26.1 Å². The molecular weight excluding hydrogens is 1160 g/mol. The van der Waals surface area contributed by atoms with Gasteiger partial charge >= 0.3 is 12.1 Å². The Morgan fingerprint density at radius 3 is 1.76 bits per heavy atom. The van der Waals surface area contributed by atoms with Crippen LogP contribution in [0.5, 0.6) is 0 Å². The molecule has 0 bridgehead atoms. The van der Waals surface area contributed by atoms with Crippen molar-refractivity contribution in [2.75, 3.05) is 51.1 Å². The molecule has 5 aromatic carbocycles. The Morgan fingerprint density at radius 2 is 1.18 bits per heavy atom. The maximum atomic E-state index is 13.9. The standard InChI is InChI=1S/C60H62N12O17/c1-34(2)52(66-46(73)15-4-3-5-25-68-48(75)20-21-49(68)76)54(78)65-45(14-8-22-63-59(61)83)53(77)64-38-18-16-35(17-19-38)33-89-60(84)67(24-9-26-69-55(79)41-12-6-10-36-28-39(71(85)86)30-43(50(36)41)57(69)81)27-23-62-47(74)32-70-56(80)42-13-7-11-37-29-40(72(87)88)31-44(51(37)42)58(70)82/h6-7,10-13,16-21,28-31,34,45,52H,3-5,8-9,14-15,22-27,32-33H2,1-2H3,(H,62,74)(H,64,77)(H,65,78)(H,66,73)(H3,61,63,83)/t45-,52-/m0/s1. The number of ether oxygens (including phenoxy) is 1. The number of hydrogen-bond donors (Lipinski definition) is 6. The summed E-state index contributed by atoms with van der Waals surface area (Å²) in [6.45, 7) is 1.52. The highest BCUT2D eigenvalue weighted by Crippen LogP contribution is 2.35. The number of urea groups is 1. The average molecular weight is 1220 g/mol. The van der Waals surface area contributed by atoms with Crippen molar-refractivity contribution >= 4 is 110 Å². The van der Waals surface area contributed by atoms with Gasteiger partial charge in [0, 0.05) is 110 Å². The summed E-state index contributed by atoms with van der Waals surface area (Å²) < 4.78 is 5.68. The molecule has 3 heterocycles. The van der Waals surface area contributed by atoms with Gasteiger partial charge in [0.15, 0.2) is 0 Å². The minimum Gasteiger partial charge on any atom is -0.445 e. The Hall–Kier alpha value is -11.0. The lowest BCUT2D eigenvalue weighted by Crippen LogP contribution is -2.54. The Bertz CT molecular complexity index is 3760. The van der Waals surface area contributed by atoms with Crippen LogP contribution in [0.2, 0.25) is 0 Å². The Kier molecular flexibility index (Phi) is 20.5. The molecule has 7 N–H and O–H groups in total. The van der Waals surface area contributed by atoms with Gasteiger partial charge in [0.1, 0.15) is 25.2 Å². The molecule has 0 saturated carbocycles. The van der Waals surface area contributed by atoms with Crippen LogP contribution in [-0.2, 0) is 40.1 Å². The number of hydrogen-bond acceptors (Lipinski definition) is 17. The number of carbonyl (C=O) groups is 12. The number of amides is 13. The first-order chi connectivity index (χ1) is 42.5. The molecule has 8 rings (SSSR count). The van der Waals surface area contributed by atoms with Crippen LogP contribution in [0.3, 0.4) is 0 Å². The maximum Gasteiger partial charge on any atom is 0.410 e. The number of unbranched alkanes of at least 4 members (excludes halogenated alkanes) is 2. The summed E-state index contributed by atoms with van der Waals surface area (Å²) in [7, 11) is 0. The van der Waals surface area contributed by atoms with Crippen molar-refractivity contribution in [2.45, 2.75) is 77.5 Å². The number of rotatable bonds is 29. The number of anilines is 1. The third-order valence-corrected chi connectivity index (χ3v) is 15.0. The van der Waals surface area contributed by atoms with Crippen molar-refractivity contribution in [3.63, 3.8) is 0 Å². The van der Waals surface area contributed by atoms with Crippen molar-refractivity contribution < 1.29 is 72.1 Å². The molecule has 2 atom stereocenters. The Labute approximate surface area is 506 Å². The molecule has 89 heavy (non-hydrogen) atoms. The van der Waals surface area contributed by atoms with Crippen LogP contribution in [-0.4, -0.2) is 159 Å². The minimum atomic E-state index is -1.18. The molecule has 3 aliphatic rings. The molecule has 0 radical (unpaired) electrons. The van der Waals surface area contributed by atoms with E-state index < -0.39 is 111 Å². The number of primary amides is 1. The first kappa shape index (κ1) is 64.0. The van der Waals surface area contributed by atoms with E-state index in [0.717, 1.165) is 26.8 Å². The molecular formula is C60H62N12O17. The molecule has 0 unspecified atom stereocenters. The fourth-order valence-corrected chi connectivity index (χ4v) is 10.4. The quantitative estimate of drug-likeness (QED) is 0.0168. The monoisotopic (exact) mass is 1220 g/mol. The van der Waals surface area contributed by atoms with Crippen LogP contribution in [0.4, 0.5) is 26.7 Å². The fourth-order valence-electron chi connectivity index (χ4n) is 10.4. The second kappa shape index (κ2) is 28.5. The molecule has 464 valence electrons. The van der Waals surface area contributed by atoms with E-state index in [0.29, 0.717) is 35.1 Å². The molecule has 13 amide bonds. The van der Waals surface area contributed by atoms with E-state index in [4.69, 9.17) is 10.5 Å². The molecule has 0 fully saturated rings. The summed E-state index contributed by atoms with van der Waals surface area (Å²) in [5.74, 6) is -7.03. The number of imide groups is 3. The molecule has 29 nitrogen and oxygen atoms in total. The van der Waals surface area contributed by atoms with Gasteiger partial charge in [-0.3, -0.25) is 82.9 Å². The van der Waals surface area contributed by atoms with E-state index >= 15 is 0 Å². The van der Waals surface area contributed by atoms with E-state index in [-0.39, 0.29) is 121 Å². The fraction of sp³-hybridized carbons (Fsp3) is 0.333. The molecule has 5 aromatic rings. The molecule has 3 aliphatic heterocycles.